The molecule has 4 heteroatoms. The van der Waals surface area contributed by atoms with Crippen LogP contribution in [0, 0.1) is 6.92 Å². The van der Waals surface area contributed by atoms with Gasteiger partial charge in [-0.3, -0.25) is 4.79 Å². The Morgan fingerprint density at radius 3 is 2.75 bits per heavy atom. The lowest BCUT2D eigenvalue weighted by Gasteiger charge is -2.07. The molecule has 0 saturated carbocycles. The van der Waals surface area contributed by atoms with Gasteiger partial charge in [-0.05, 0) is 19.1 Å². The average molecular weight is 216 g/mol. The van der Waals surface area contributed by atoms with Crippen LogP contribution >= 0.6 is 0 Å². The van der Waals surface area contributed by atoms with Crippen LogP contribution in [-0.4, -0.2) is 17.1 Å². The summed E-state index contributed by atoms with van der Waals surface area (Å²) >= 11 is 0. The maximum Gasteiger partial charge on any atom is 0.251 e. The first-order valence-corrected chi connectivity index (χ1v) is 4.92. The fourth-order valence-electron chi connectivity index (χ4n) is 1.57. The number of methoxy groups -OCH3 is 1. The van der Waals surface area contributed by atoms with Crippen LogP contribution in [0.1, 0.15) is 5.82 Å². The van der Waals surface area contributed by atoms with Gasteiger partial charge in [-0.25, -0.2) is 4.98 Å². The molecule has 1 aromatic carbocycles. The lowest BCUT2D eigenvalue weighted by Crippen LogP contribution is -2.08. The van der Waals surface area contributed by atoms with E-state index in [-0.39, 0.29) is 5.56 Å². The third-order valence-electron chi connectivity index (χ3n) is 2.24. The van der Waals surface area contributed by atoms with Gasteiger partial charge in [-0.15, -0.1) is 0 Å². The van der Waals surface area contributed by atoms with Crippen LogP contribution in [0.3, 0.4) is 0 Å². The minimum atomic E-state index is -0.159. The molecule has 0 atom stereocenters. The SMILES string of the molecule is COc1ccccc1-c1cc(=O)[nH]c(C)n1. The Bertz CT molecular complexity index is 561. The summed E-state index contributed by atoms with van der Waals surface area (Å²) < 4.78 is 5.23. The number of H-pyrrole nitrogens is 1. The molecule has 0 spiro atoms. The molecule has 16 heavy (non-hydrogen) atoms. The fraction of sp³-hybridized carbons (Fsp3) is 0.167. The van der Waals surface area contributed by atoms with Crippen molar-refractivity contribution in [3.8, 4) is 17.0 Å². The van der Waals surface area contributed by atoms with Crippen LogP contribution in [0.25, 0.3) is 11.3 Å². The monoisotopic (exact) mass is 216 g/mol. The number of hydrogen-bond acceptors (Lipinski definition) is 3. The van der Waals surface area contributed by atoms with E-state index in [9.17, 15) is 4.79 Å². The van der Waals surface area contributed by atoms with Crippen molar-refractivity contribution in [1.29, 1.82) is 0 Å². The summed E-state index contributed by atoms with van der Waals surface area (Å²) in [5.74, 6) is 1.30. The highest BCUT2D eigenvalue weighted by Crippen LogP contribution is 2.26. The molecule has 0 amide bonds. The second-order valence-electron chi connectivity index (χ2n) is 3.42. The van der Waals surface area contributed by atoms with Crippen LogP contribution in [0.2, 0.25) is 0 Å². The Hall–Kier alpha value is -2.10. The number of aromatic nitrogens is 2. The Morgan fingerprint density at radius 2 is 2.06 bits per heavy atom. The van der Waals surface area contributed by atoms with Gasteiger partial charge in [-0.2, -0.15) is 0 Å². The molecule has 4 nitrogen and oxygen atoms in total. The summed E-state index contributed by atoms with van der Waals surface area (Å²) in [7, 11) is 1.60. The molecular weight excluding hydrogens is 204 g/mol. The summed E-state index contributed by atoms with van der Waals surface area (Å²) in [5, 5.41) is 0. The predicted octanol–water partition coefficient (Wildman–Crippen LogP) is 1.75. The summed E-state index contributed by atoms with van der Waals surface area (Å²) in [6.07, 6.45) is 0. The second kappa shape index (κ2) is 4.18. The number of nitrogens with one attached hydrogen (secondary N) is 1. The molecule has 82 valence electrons. The van der Waals surface area contributed by atoms with Crippen LogP contribution < -0.4 is 10.3 Å². The van der Waals surface area contributed by atoms with Crippen molar-refractivity contribution in [3.05, 3.63) is 46.5 Å². The second-order valence-corrected chi connectivity index (χ2v) is 3.42. The van der Waals surface area contributed by atoms with E-state index in [1.165, 1.54) is 6.07 Å². The Kier molecular flexibility index (Phi) is 2.72. The molecule has 1 N–H and O–H groups in total. The van der Waals surface area contributed by atoms with Gasteiger partial charge in [0.05, 0.1) is 12.8 Å². The number of rotatable bonds is 2. The van der Waals surface area contributed by atoms with E-state index in [1.807, 2.05) is 24.3 Å². The van der Waals surface area contributed by atoms with Gasteiger partial charge in [0.2, 0.25) is 0 Å². The van der Waals surface area contributed by atoms with Crippen LogP contribution in [0.4, 0.5) is 0 Å². The first-order valence-electron chi connectivity index (χ1n) is 4.92. The normalized spacial score (nSPS) is 10.1. The largest absolute Gasteiger partial charge is 0.496 e. The average Bonchev–Trinajstić information content (AvgIpc) is 2.27. The maximum absolute atomic E-state index is 11.3. The van der Waals surface area contributed by atoms with Gasteiger partial charge in [0.25, 0.3) is 5.56 Å². The van der Waals surface area contributed by atoms with E-state index >= 15 is 0 Å². The van der Waals surface area contributed by atoms with Crippen molar-refractivity contribution in [2.24, 2.45) is 0 Å². The predicted molar refractivity (Wildman–Crippen MR) is 61.6 cm³/mol. The van der Waals surface area contributed by atoms with Gasteiger partial charge in [0.15, 0.2) is 0 Å². The molecule has 0 aliphatic heterocycles. The third-order valence-corrected chi connectivity index (χ3v) is 2.24. The molecule has 1 heterocycles. The van der Waals surface area contributed by atoms with Gasteiger partial charge in [0, 0.05) is 11.6 Å². The minimum Gasteiger partial charge on any atom is -0.496 e. The molecule has 0 unspecified atom stereocenters. The molecule has 0 saturated heterocycles. The summed E-state index contributed by atoms with van der Waals surface area (Å²) in [6, 6.07) is 8.94. The zero-order valence-electron chi connectivity index (χ0n) is 9.15. The van der Waals surface area contributed by atoms with Gasteiger partial charge in [0.1, 0.15) is 11.6 Å². The van der Waals surface area contributed by atoms with E-state index in [2.05, 4.69) is 9.97 Å². The Balaban J connectivity index is 2.62. The van der Waals surface area contributed by atoms with Crippen LogP contribution in [-0.2, 0) is 0 Å². The van der Waals surface area contributed by atoms with Gasteiger partial charge >= 0.3 is 0 Å². The fourth-order valence-corrected chi connectivity index (χ4v) is 1.57. The van der Waals surface area contributed by atoms with Gasteiger partial charge < -0.3 is 9.72 Å². The van der Waals surface area contributed by atoms with Crippen molar-refractivity contribution in [1.82, 2.24) is 9.97 Å². The maximum atomic E-state index is 11.3. The molecule has 1 aromatic heterocycles. The number of hydrogen-bond donors (Lipinski definition) is 1. The van der Waals surface area contributed by atoms with E-state index < -0.39 is 0 Å². The van der Waals surface area contributed by atoms with Crippen molar-refractivity contribution < 1.29 is 4.74 Å². The summed E-state index contributed by atoms with van der Waals surface area (Å²) in [6.45, 7) is 1.75. The smallest absolute Gasteiger partial charge is 0.251 e. The first kappa shape index (κ1) is 10.4. The molecular formula is C12H12N2O2. The number of benzene rings is 1. The molecule has 0 bridgehead atoms. The zero-order valence-corrected chi connectivity index (χ0v) is 9.15. The van der Waals surface area contributed by atoms with E-state index in [0.717, 1.165) is 5.56 Å². The summed E-state index contributed by atoms with van der Waals surface area (Å²) in [4.78, 5) is 18.2. The topological polar surface area (TPSA) is 55.0 Å². The van der Waals surface area contributed by atoms with E-state index in [1.54, 1.807) is 14.0 Å². The van der Waals surface area contributed by atoms with Crippen molar-refractivity contribution >= 4 is 0 Å². The highest BCUT2D eigenvalue weighted by atomic mass is 16.5. The molecule has 0 aliphatic carbocycles. The van der Waals surface area contributed by atoms with Crippen LogP contribution in [0.5, 0.6) is 5.75 Å². The molecule has 2 aromatic rings. The Labute approximate surface area is 92.9 Å². The number of aromatic amines is 1. The van der Waals surface area contributed by atoms with E-state index in [0.29, 0.717) is 17.3 Å². The number of aryl methyl sites for hydroxylation is 1. The zero-order chi connectivity index (χ0) is 11.5. The highest BCUT2D eigenvalue weighted by Gasteiger charge is 2.07. The van der Waals surface area contributed by atoms with Crippen molar-refractivity contribution in [2.45, 2.75) is 6.92 Å². The lowest BCUT2D eigenvalue weighted by molar-refractivity contribution is 0.416. The molecule has 0 radical (unpaired) electrons. The Morgan fingerprint density at radius 1 is 1.31 bits per heavy atom. The number of nitrogens with zero attached hydrogens (tertiary/aromatic N) is 1. The van der Waals surface area contributed by atoms with E-state index in [4.69, 9.17) is 4.74 Å². The number of ether oxygens (including phenoxy) is 1. The molecule has 0 aliphatic rings. The van der Waals surface area contributed by atoms with Crippen molar-refractivity contribution in [2.75, 3.05) is 7.11 Å². The lowest BCUT2D eigenvalue weighted by atomic mass is 10.1. The minimum absolute atomic E-state index is 0.159. The summed E-state index contributed by atoms with van der Waals surface area (Å²) in [5.41, 5.74) is 1.28. The highest BCUT2D eigenvalue weighted by molar-refractivity contribution is 5.66. The molecule has 2 rings (SSSR count). The first-order chi connectivity index (χ1) is 7.70. The van der Waals surface area contributed by atoms with Crippen molar-refractivity contribution in [3.63, 3.8) is 0 Å². The van der Waals surface area contributed by atoms with Gasteiger partial charge in [-0.1, -0.05) is 12.1 Å². The number of para-hydroxylation sites is 1. The quantitative estimate of drug-likeness (QED) is 0.832. The molecule has 0 fully saturated rings. The van der Waals surface area contributed by atoms with Crippen LogP contribution in [0.15, 0.2) is 35.1 Å². The standard InChI is InChI=1S/C12H12N2O2/c1-8-13-10(7-12(15)14-8)9-5-3-4-6-11(9)16-2/h3-7H,1-2H3,(H,13,14,15). The third kappa shape index (κ3) is 1.95.